The molecular weight excluding hydrogens is 256 g/mol. The second kappa shape index (κ2) is 6.50. The Labute approximate surface area is 129 Å². The average molecular weight is 286 g/mol. The van der Waals surface area contributed by atoms with Gasteiger partial charge in [0.2, 0.25) is 0 Å². The van der Waals surface area contributed by atoms with Crippen LogP contribution in [0.2, 0.25) is 0 Å². The van der Waals surface area contributed by atoms with E-state index in [4.69, 9.17) is 0 Å². The Morgan fingerprint density at radius 1 is 1.05 bits per heavy atom. The molecule has 1 aliphatic heterocycles. The first kappa shape index (κ1) is 15.1. The third kappa shape index (κ3) is 3.87. The first-order valence-corrected chi connectivity index (χ1v) is 8.67. The average Bonchev–Trinajstić information content (AvgIpc) is 3.25. The van der Waals surface area contributed by atoms with Crippen LogP contribution in [0.15, 0.2) is 12.1 Å². The number of hydrogen-bond acceptors (Lipinski definition) is 2. The van der Waals surface area contributed by atoms with Crippen LogP contribution in [0.4, 0.5) is 0 Å². The fourth-order valence-electron chi connectivity index (χ4n) is 3.75. The molecule has 0 aromatic heterocycles. The van der Waals surface area contributed by atoms with Gasteiger partial charge in [-0.2, -0.15) is 0 Å². The molecule has 2 nitrogen and oxygen atoms in total. The van der Waals surface area contributed by atoms with Crippen molar-refractivity contribution < 1.29 is 0 Å². The molecule has 3 rings (SSSR count). The van der Waals surface area contributed by atoms with Gasteiger partial charge in [0, 0.05) is 25.2 Å². The summed E-state index contributed by atoms with van der Waals surface area (Å²) >= 11 is 0. The molecule has 2 heteroatoms. The van der Waals surface area contributed by atoms with Gasteiger partial charge in [-0.3, -0.25) is 4.90 Å². The maximum atomic E-state index is 3.74. The summed E-state index contributed by atoms with van der Waals surface area (Å²) in [4.78, 5) is 2.73. The summed E-state index contributed by atoms with van der Waals surface area (Å²) < 4.78 is 0. The quantitative estimate of drug-likeness (QED) is 0.887. The third-order valence-electron chi connectivity index (χ3n) is 5.17. The highest BCUT2D eigenvalue weighted by Crippen LogP contribution is 2.25. The zero-order valence-corrected chi connectivity index (χ0v) is 13.9. The molecule has 1 aliphatic carbocycles. The lowest BCUT2D eigenvalue weighted by molar-refractivity contribution is 0.136. The summed E-state index contributed by atoms with van der Waals surface area (Å²) in [5, 5.41) is 3.74. The Bertz CT molecular complexity index is 467. The van der Waals surface area contributed by atoms with Gasteiger partial charge in [0.05, 0.1) is 0 Å². The Hall–Kier alpha value is -0.860. The fraction of sp³-hybridized carbons (Fsp3) is 0.684. The molecule has 1 aromatic rings. The minimum Gasteiger partial charge on any atom is -0.312 e. The van der Waals surface area contributed by atoms with Crippen LogP contribution in [0.5, 0.6) is 0 Å². The minimum atomic E-state index is 0.736. The highest BCUT2D eigenvalue weighted by molar-refractivity contribution is 5.37. The monoisotopic (exact) mass is 286 g/mol. The first-order valence-electron chi connectivity index (χ1n) is 8.67. The minimum absolute atomic E-state index is 0.736. The van der Waals surface area contributed by atoms with E-state index in [1.165, 1.54) is 61.9 Å². The number of benzene rings is 1. The van der Waals surface area contributed by atoms with Crippen LogP contribution in [0.1, 0.15) is 54.4 Å². The van der Waals surface area contributed by atoms with Crippen molar-refractivity contribution in [2.45, 2.75) is 71.5 Å². The molecule has 1 unspecified atom stereocenters. The largest absolute Gasteiger partial charge is 0.312 e. The molecule has 1 N–H and O–H groups in total. The number of likely N-dealkylation sites (tertiary alicyclic amines) is 1. The first-order chi connectivity index (χ1) is 10.1. The summed E-state index contributed by atoms with van der Waals surface area (Å²) in [5.41, 5.74) is 5.87. The van der Waals surface area contributed by atoms with Crippen molar-refractivity contribution >= 4 is 0 Å². The summed E-state index contributed by atoms with van der Waals surface area (Å²) in [7, 11) is 0. The predicted octanol–water partition coefficient (Wildman–Crippen LogP) is 3.72. The van der Waals surface area contributed by atoms with Crippen LogP contribution in [-0.4, -0.2) is 30.1 Å². The SMILES string of the molecule is Cc1cc(C)c(CN2CCCCC2CNC2CC2)c(C)c1. The van der Waals surface area contributed by atoms with Crippen molar-refractivity contribution in [3.8, 4) is 0 Å². The second-order valence-corrected chi connectivity index (χ2v) is 7.18. The highest BCUT2D eigenvalue weighted by atomic mass is 15.2. The van der Waals surface area contributed by atoms with Gasteiger partial charge in [0.1, 0.15) is 0 Å². The van der Waals surface area contributed by atoms with E-state index in [0.29, 0.717) is 0 Å². The Morgan fingerprint density at radius 2 is 1.76 bits per heavy atom. The van der Waals surface area contributed by atoms with Crippen LogP contribution in [0.3, 0.4) is 0 Å². The van der Waals surface area contributed by atoms with Gasteiger partial charge in [-0.1, -0.05) is 24.1 Å². The predicted molar refractivity (Wildman–Crippen MR) is 89.7 cm³/mol. The van der Waals surface area contributed by atoms with Gasteiger partial charge in [-0.15, -0.1) is 0 Å². The molecule has 2 fully saturated rings. The molecule has 21 heavy (non-hydrogen) atoms. The van der Waals surface area contributed by atoms with Gasteiger partial charge in [-0.05, 0) is 69.7 Å². The standard InChI is InChI=1S/C19H30N2/c1-14-10-15(2)19(16(3)11-14)13-21-9-5-4-6-18(21)12-20-17-7-8-17/h10-11,17-18,20H,4-9,12-13H2,1-3H3. The zero-order valence-electron chi connectivity index (χ0n) is 13.9. The molecule has 0 spiro atoms. The summed E-state index contributed by atoms with van der Waals surface area (Å²) in [6, 6.07) is 6.24. The topological polar surface area (TPSA) is 15.3 Å². The molecule has 1 saturated heterocycles. The van der Waals surface area contributed by atoms with Crippen molar-refractivity contribution in [2.75, 3.05) is 13.1 Å². The highest BCUT2D eigenvalue weighted by Gasteiger charge is 2.26. The van der Waals surface area contributed by atoms with Crippen LogP contribution in [0, 0.1) is 20.8 Å². The molecule has 2 aliphatic rings. The van der Waals surface area contributed by atoms with E-state index in [0.717, 1.165) is 18.6 Å². The number of aryl methyl sites for hydroxylation is 3. The molecule has 0 amide bonds. The van der Waals surface area contributed by atoms with E-state index >= 15 is 0 Å². The maximum absolute atomic E-state index is 3.74. The van der Waals surface area contributed by atoms with Crippen molar-refractivity contribution in [3.05, 3.63) is 34.4 Å². The van der Waals surface area contributed by atoms with Crippen molar-refractivity contribution in [1.29, 1.82) is 0 Å². The number of nitrogens with zero attached hydrogens (tertiary/aromatic N) is 1. The van der Waals surface area contributed by atoms with Gasteiger partial charge in [0.25, 0.3) is 0 Å². The van der Waals surface area contributed by atoms with E-state index in [9.17, 15) is 0 Å². The van der Waals surface area contributed by atoms with Crippen LogP contribution in [0.25, 0.3) is 0 Å². The van der Waals surface area contributed by atoms with E-state index in [1.807, 2.05) is 0 Å². The molecule has 1 aromatic carbocycles. The summed E-state index contributed by atoms with van der Waals surface area (Å²) in [6.45, 7) is 10.3. The lowest BCUT2D eigenvalue weighted by Gasteiger charge is -2.36. The van der Waals surface area contributed by atoms with Gasteiger partial charge in [0.15, 0.2) is 0 Å². The lowest BCUT2D eigenvalue weighted by atomic mass is 9.96. The van der Waals surface area contributed by atoms with E-state index in [1.54, 1.807) is 5.56 Å². The zero-order chi connectivity index (χ0) is 14.8. The van der Waals surface area contributed by atoms with E-state index in [2.05, 4.69) is 43.1 Å². The smallest absolute Gasteiger partial charge is 0.0242 e. The molecule has 1 heterocycles. The van der Waals surface area contributed by atoms with Gasteiger partial charge in [-0.25, -0.2) is 0 Å². The normalized spacial score (nSPS) is 23.5. The third-order valence-corrected chi connectivity index (χ3v) is 5.17. The van der Waals surface area contributed by atoms with Crippen LogP contribution in [-0.2, 0) is 6.54 Å². The maximum Gasteiger partial charge on any atom is 0.0242 e. The van der Waals surface area contributed by atoms with Gasteiger partial charge >= 0.3 is 0 Å². The molecule has 0 bridgehead atoms. The van der Waals surface area contributed by atoms with Crippen LogP contribution >= 0.6 is 0 Å². The Morgan fingerprint density at radius 3 is 2.43 bits per heavy atom. The molecule has 0 radical (unpaired) electrons. The van der Waals surface area contributed by atoms with Crippen molar-refractivity contribution in [1.82, 2.24) is 10.2 Å². The second-order valence-electron chi connectivity index (χ2n) is 7.18. The Kier molecular flexibility index (Phi) is 4.66. The lowest BCUT2D eigenvalue weighted by Crippen LogP contribution is -2.45. The van der Waals surface area contributed by atoms with Crippen molar-refractivity contribution in [3.63, 3.8) is 0 Å². The Balaban J connectivity index is 1.68. The van der Waals surface area contributed by atoms with Crippen molar-refractivity contribution in [2.24, 2.45) is 0 Å². The summed E-state index contributed by atoms with van der Waals surface area (Å²) in [6.07, 6.45) is 6.92. The molecule has 116 valence electrons. The molecular formula is C19H30N2. The van der Waals surface area contributed by atoms with Crippen LogP contribution < -0.4 is 5.32 Å². The number of hydrogen-bond donors (Lipinski definition) is 1. The molecule has 1 saturated carbocycles. The number of piperidine rings is 1. The molecule has 1 atom stereocenters. The summed E-state index contributed by atoms with van der Waals surface area (Å²) in [5.74, 6) is 0. The fourth-order valence-corrected chi connectivity index (χ4v) is 3.75. The number of nitrogens with one attached hydrogen (secondary N) is 1. The van der Waals surface area contributed by atoms with E-state index in [-0.39, 0.29) is 0 Å². The van der Waals surface area contributed by atoms with E-state index < -0.39 is 0 Å². The number of rotatable bonds is 5. The van der Waals surface area contributed by atoms with Gasteiger partial charge < -0.3 is 5.32 Å².